The largest absolute Gasteiger partial charge is 1.00 e. The number of quaternary nitrogens is 1. The molecule has 1 aliphatic heterocycles. The van der Waals surface area contributed by atoms with Gasteiger partial charge in [-0.15, -0.1) is 0 Å². The van der Waals surface area contributed by atoms with Crippen molar-refractivity contribution in [2.45, 2.75) is 12.5 Å². The van der Waals surface area contributed by atoms with Gasteiger partial charge in [0.2, 0.25) is 5.43 Å². The van der Waals surface area contributed by atoms with Gasteiger partial charge in [-0.3, -0.25) is 9.36 Å². The van der Waals surface area contributed by atoms with Gasteiger partial charge < -0.3 is 28.1 Å². The summed E-state index contributed by atoms with van der Waals surface area (Å²) in [4.78, 5) is 35.2. The minimum Gasteiger partial charge on any atom is -1.00 e. The third-order valence-electron chi connectivity index (χ3n) is 5.22. The normalized spacial score (nSPS) is 16.1. The van der Waals surface area contributed by atoms with Crippen LogP contribution in [0.15, 0.2) is 41.3 Å². The molecule has 8 nitrogen and oxygen atoms in total. The summed E-state index contributed by atoms with van der Waals surface area (Å²) in [5, 5.41) is 9.86. The zero-order valence-corrected chi connectivity index (χ0v) is 17.7. The highest BCUT2D eigenvalue weighted by atomic mass is 35.5. The Labute approximate surface area is 185 Å². The highest BCUT2D eigenvalue weighted by molar-refractivity contribution is 7.20. The number of benzene rings is 1. The monoisotopic (exact) mass is 461 g/mol. The first-order valence-electron chi connectivity index (χ1n) is 9.35. The number of aromatic nitrogens is 3. The summed E-state index contributed by atoms with van der Waals surface area (Å²) in [7, 11) is 0. The summed E-state index contributed by atoms with van der Waals surface area (Å²) in [6, 6.07) is 8.72. The Morgan fingerprint density at radius 2 is 2.06 bits per heavy atom. The van der Waals surface area contributed by atoms with Crippen molar-refractivity contribution in [1.29, 1.82) is 0 Å². The lowest BCUT2D eigenvalue weighted by atomic mass is 10.2. The average molecular weight is 462 g/mol. The topological polar surface area (TPSA) is 116 Å². The minimum absolute atomic E-state index is 0. The maximum atomic E-state index is 14.9. The maximum Gasteiger partial charge on any atom is 0.341 e. The van der Waals surface area contributed by atoms with E-state index in [9.17, 15) is 19.1 Å². The molecule has 0 amide bonds. The van der Waals surface area contributed by atoms with Crippen molar-refractivity contribution in [2.24, 2.45) is 0 Å². The van der Waals surface area contributed by atoms with Gasteiger partial charge in [0.15, 0.2) is 22.4 Å². The van der Waals surface area contributed by atoms with Crippen LogP contribution in [0, 0.1) is 5.82 Å². The number of para-hydroxylation sites is 1. The first-order chi connectivity index (χ1) is 14.4. The summed E-state index contributed by atoms with van der Waals surface area (Å²) in [6.45, 7) is 1.18. The standard InChI is InChI=1S/C20H16FN5O3S.ClH/c21-13-7-11-16(27)12(19(28)29)9-26(20-23-14-3-1-2-4-15(14)30-20)17(11)24-18(13)25-6-5-10(22)8-25;/h1-4,7,9-10H,5-6,8,22H2,(H,28,29);1H. The van der Waals surface area contributed by atoms with E-state index in [0.717, 1.165) is 22.7 Å². The molecule has 5 rings (SSSR count). The van der Waals surface area contributed by atoms with E-state index in [1.54, 1.807) is 4.90 Å². The van der Waals surface area contributed by atoms with Gasteiger partial charge in [0.25, 0.3) is 0 Å². The second kappa shape index (κ2) is 7.88. The van der Waals surface area contributed by atoms with Crippen LogP contribution in [0.1, 0.15) is 16.8 Å². The quantitative estimate of drug-likeness (QED) is 0.390. The van der Waals surface area contributed by atoms with E-state index in [1.807, 2.05) is 24.3 Å². The number of pyridine rings is 2. The van der Waals surface area contributed by atoms with Crippen LogP contribution in [-0.2, 0) is 0 Å². The van der Waals surface area contributed by atoms with E-state index in [-0.39, 0.29) is 35.3 Å². The van der Waals surface area contributed by atoms with Gasteiger partial charge in [-0.05, 0) is 18.2 Å². The minimum atomic E-state index is -1.39. The predicted molar refractivity (Wildman–Crippen MR) is 111 cm³/mol. The number of carbonyl (C=O) groups is 1. The Hall–Kier alpha value is -3.08. The van der Waals surface area contributed by atoms with Crippen LogP contribution >= 0.6 is 11.3 Å². The lowest BCUT2D eigenvalue weighted by molar-refractivity contribution is -0.412. The average Bonchev–Trinajstić information content (AvgIpc) is 3.34. The smallest absolute Gasteiger partial charge is 0.341 e. The first kappa shape index (κ1) is 21.2. The Balaban J connectivity index is 0.00000231. The van der Waals surface area contributed by atoms with Crippen molar-refractivity contribution in [3.63, 3.8) is 0 Å². The third-order valence-corrected chi connectivity index (χ3v) is 6.25. The Kier molecular flexibility index (Phi) is 5.38. The van der Waals surface area contributed by atoms with Crippen molar-refractivity contribution in [3.05, 3.63) is 58.1 Å². The van der Waals surface area contributed by atoms with Crippen LogP contribution in [0.5, 0.6) is 0 Å². The Morgan fingerprint density at radius 1 is 1.29 bits per heavy atom. The van der Waals surface area contributed by atoms with Crippen LogP contribution in [0.25, 0.3) is 26.4 Å². The predicted octanol–water partition coefficient (Wildman–Crippen LogP) is -1.34. The fraction of sp³-hybridized carbons (Fsp3) is 0.200. The summed E-state index contributed by atoms with van der Waals surface area (Å²) in [5.41, 5.74) is 3.69. The van der Waals surface area contributed by atoms with E-state index >= 15 is 0 Å². The molecule has 1 saturated heterocycles. The molecule has 31 heavy (non-hydrogen) atoms. The highest BCUT2D eigenvalue weighted by Gasteiger charge is 2.27. The van der Waals surface area contributed by atoms with E-state index in [0.29, 0.717) is 18.2 Å². The van der Waals surface area contributed by atoms with Gasteiger partial charge >= 0.3 is 5.97 Å². The van der Waals surface area contributed by atoms with Gasteiger partial charge in [-0.2, -0.15) is 0 Å². The molecule has 4 N–H and O–H groups in total. The van der Waals surface area contributed by atoms with Crippen molar-refractivity contribution in [1.82, 2.24) is 14.5 Å². The summed E-state index contributed by atoms with van der Waals surface area (Å²) >= 11 is 1.33. The van der Waals surface area contributed by atoms with Crippen molar-refractivity contribution in [3.8, 4) is 5.13 Å². The molecule has 0 aliphatic carbocycles. The molecule has 3 aromatic heterocycles. The molecule has 1 aromatic carbocycles. The number of hydrogen-bond acceptors (Lipinski definition) is 6. The molecular weight excluding hydrogens is 445 g/mol. The number of thiazole rings is 1. The lowest BCUT2D eigenvalue weighted by Crippen LogP contribution is -3.00. The van der Waals surface area contributed by atoms with Crippen LogP contribution in [0.4, 0.5) is 10.2 Å². The molecule has 1 unspecified atom stereocenters. The maximum absolute atomic E-state index is 14.9. The number of rotatable bonds is 3. The van der Waals surface area contributed by atoms with Gasteiger partial charge in [-0.1, -0.05) is 23.5 Å². The van der Waals surface area contributed by atoms with E-state index < -0.39 is 22.8 Å². The van der Waals surface area contributed by atoms with Gasteiger partial charge in [0.1, 0.15) is 11.6 Å². The summed E-state index contributed by atoms with van der Waals surface area (Å²) in [6.07, 6.45) is 2.04. The van der Waals surface area contributed by atoms with Gasteiger partial charge in [-0.25, -0.2) is 19.2 Å². The lowest BCUT2D eigenvalue weighted by Gasteiger charge is -2.18. The zero-order valence-electron chi connectivity index (χ0n) is 16.1. The second-order valence-corrected chi connectivity index (χ2v) is 8.29. The van der Waals surface area contributed by atoms with Crippen molar-refractivity contribution < 1.29 is 32.4 Å². The molecule has 4 aromatic rings. The van der Waals surface area contributed by atoms with Crippen molar-refractivity contribution in [2.75, 3.05) is 18.0 Å². The summed E-state index contributed by atoms with van der Waals surface area (Å²) in [5.74, 6) is -1.92. The molecule has 4 heterocycles. The molecule has 11 heteroatoms. The number of hydrogen-bond donors (Lipinski definition) is 2. The van der Waals surface area contributed by atoms with Crippen LogP contribution in [-0.4, -0.2) is 44.7 Å². The number of anilines is 1. The van der Waals surface area contributed by atoms with Crippen LogP contribution in [0.2, 0.25) is 0 Å². The van der Waals surface area contributed by atoms with Crippen molar-refractivity contribution >= 4 is 44.4 Å². The highest BCUT2D eigenvalue weighted by Crippen LogP contribution is 2.29. The van der Waals surface area contributed by atoms with Crippen LogP contribution < -0.4 is 28.5 Å². The van der Waals surface area contributed by atoms with Crippen LogP contribution in [0.3, 0.4) is 0 Å². The molecule has 1 atom stereocenters. The molecule has 0 bridgehead atoms. The number of fused-ring (bicyclic) bond motifs is 2. The van der Waals surface area contributed by atoms with E-state index in [1.165, 1.54) is 22.1 Å². The van der Waals surface area contributed by atoms with Gasteiger partial charge in [0, 0.05) is 19.2 Å². The first-order valence-corrected chi connectivity index (χ1v) is 10.2. The fourth-order valence-corrected chi connectivity index (χ4v) is 4.67. The number of nitrogens with zero attached hydrogens (tertiary/aromatic N) is 4. The molecule has 0 saturated carbocycles. The zero-order chi connectivity index (χ0) is 21.0. The SMILES string of the molecule is [Cl-].[NH3+]C1CCN(c2nc3c(cc2F)c(=O)c(C(=O)O)cn3-c2nc3ccccc3s2)C1. The number of aromatic carboxylic acids is 1. The molecule has 0 radical (unpaired) electrons. The molecule has 1 aliphatic rings. The summed E-state index contributed by atoms with van der Waals surface area (Å²) < 4.78 is 17.2. The molecule has 0 spiro atoms. The number of halogens is 2. The third kappa shape index (κ3) is 3.52. The van der Waals surface area contributed by atoms with E-state index in [4.69, 9.17) is 0 Å². The Bertz CT molecular complexity index is 1360. The van der Waals surface area contributed by atoms with E-state index in [2.05, 4.69) is 15.7 Å². The molecule has 1 fully saturated rings. The second-order valence-electron chi connectivity index (χ2n) is 7.28. The number of carboxylic acids is 1. The number of carboxylic acid groups (broad SMARTS) is 1. The Morgan fingerprint density at radius 3 is 2.74 bits per heavy atom. The fourth-order valence-electron chi connectivity index (χ4n) is 3.72. The van der Waals surface area contributed by atoms with Gasteiger partial charge in [0.05, 0.1) is 22.1 Å². The molecular formula is C20H17ClFN5O3S. The molecule has 160 valence electrons.